The first-order valence-corrected chi connectivity index (χ1v) is 13.2. The monoisotopic (exact) mass is 543 g/mol. The number of nitrogens with zero attached hydrogens (tertiary/aromatic N) is 3. The minimum atomic E-state index is -0.805. The maximum Gasteiger partial charge on any atom is 0.338 e. The van der Waals surface area contributed by atoms with Gasteiger partial charge in [-0.3, -0.25) is 9.36 Å². The van der Waals surface area contributed by atoms with Gasteiger partial charge in [-0.25, -0.2) is 9.79 Å². The molecule has 10 heteroatoms. The number of carbonyl (C=O) groups is 1. The van der Waals surface area contributed by atoms with E-state index in [-0.39, 0.29) is 24.5 Å². The third-order valence-corrected chi connectivity index (χ3v) is 7.40. The molecule has 2 aliphatic heterocycles. The summed E-state index contributed by atoms with van der Waals surface area (Å²) in [6.07, 6.45) is 1.70. The molecule has 0 saturated heterocycles. The predicted molar refractivity (Wildman–Crippen MR) is 147 cm³/mol. The normalized spacial score (nSPS) is 16.2. The number of hydrogen-bond acceptors (Lipinski definition) is 9. The van der Waals surface area contributed by atoms with Crippen LogP contribution in [0.15, 0.2) is 80.4 Å². The summed E-state index contributed by atoms with van der Waals surface area (Å²) >= 11 is 1.24. The topological polar surface area (TPSA) is 95.5 Å². The number of anilines is 1. The Labute approximate surface area is 227 Å². The van der Waals surface area contributed by atoms with Crippen molar-refractivity contribution >= 4 is 35.0 Å². The summed E-state index contributed by atoms with van der Waals surface area (Å²) < 4.78 is 24.5. The SMILES string of the molecule is CCOC(=O)C1=C(c2ccccc2)N=c2s/c(=C\c3ccc(N(C)C)o3)c(=O)n2[C@@H]1c1ccc2c(c1)OCO2. The Morgan fingerprint density at radius 1 is 1.13 bits per heavy atom. The van der Waals surface area contributed by atoms with Crippen molar-refractivity contribution in [3.63, 3.8) is 0 Å². The van der Waals surface area contributed by atoms with Gasteiger partial charge in [-0.05, 0) is 30.7 Å². The van der Waals surface area contributed by atoms with Crippen molar-refractivity contribution in [2.75, 3.05) is 32.4 Å². The first-order chi connectivity index (χ1) is 18.9. The Hall–Kier alpha value is -4.57. The van der Waals surface area contributed by atoms with Crippen LogP contribution in [0.25, 0.3) is 11.8 Å². The highest BCUT2D eigenvalue weighted by Crippen LogP contribution is 2.40. The first-order valence-electron chi connectivity index (χ1n) is 12.4. The number of thiazole rings is 1. The Bertz CT molecular complexity index is 1780. The smallest absolute Gasteiger partial charge is 0.338 e. The third kappa shape index (κ3) is 4.42. The second-order valence-electron chi connectivity index (χ2n) is 9.11. The van der Waals surface area contributed by atoms with Gasteiger partial charge in [0.15, 0.2) is 22.2 Å². The molecule has 4 aromatic rings. The molecule has 0 N–H and O–H groups in total. The molecule has 0 saturated carbocycles. The van der Waals surface area contributed by atoms with Gasteiger partial charge in [0, 0.05) is 31.8 Å². The maximum atomic E-state index is 13.9. The van der Waals surface area contributed by atoms with Gasteiger partial charge in [-0.2, -0.15) is 0 Å². The Morgan fingerprint density at radius 2 is 1.92 bits per heavy atom. The number of ether oxygens (including phenoxy) is 3. The lowest BCUT2D eigenvalue weighted by molar-refractivity contribution is -0.138. The second-order valence-corrected chi connectivity index (χ2v) is 10.1. The summed E-state index contributed by atoms with van der Waals surface area (Å²) in [5.74, 6) is 1.81. The van der Waals surface area contributed by atoms with Crippen molar-refractivity contribution in [2.45, 2.75) is 13.0 Å². The summed E-state index contributed by atoms with van der Waals surface area (Å²) in [5.41, 5.74) is 1.85. The predicted octanol–water partition coefficient (Wildman–Crippen LogP) is 3.32. The molecular weight excluding hydrogens is 518 g/mol. The fraction of sp³-hybridized carbons (Fsp3) is 0.207. The average molecular weight is 544 g/mol. The van der Waals surface area contributed by atoms with Crippen molar-refractivity contribution in [3.05, 3.63) is 103 Å². The number of carbonyl (C=O) groups excluding carboxylic acids is 1. The molecule has 2 aromatic heterocycles. The van der Waals surface area contributed by atoms with Crippen molar-refractivity contribution in [3.8, 4) is 11.5 Å². The van der Waals surface area contributed by atoms with E-state index in [1.165, 1.54) is 11.3 Å². The number of hydrogen-bond donors (Lipinski definition) is 0. The molecule has 0 spiro atoms. The molecule has 198 valence electrons. The molecule has 0 amide bonds. The summed E-state index contributed by atoms with van der Waals surface area (Å²) in [7, 11) is 3.76. The zero-order valence-electron chi connectivity index (χ0n) is 21.5. The van der Waals surface area contributed by atoms with E-state index in [9.17, 15) is 9.59 Å². The molecule has 0 fully saturated rings. The lowest BCUT2D eigenvalue weighted by Gasteiger charge is -2.26. The highest BCUT2D eigenvalue weighted by Gasteiger charge is 2.36. The molecule has 4 heterocycles. The van der Waals surface area contributed by atoms with Crippen molar-refractivity contribution in [1.82, 2.24) is 4.57 Å². The van der Waals surface area contributed by atoms with E-state index in [2.05, 4.69) is 0 Å². The Balaban J connectivity index is 1.62. The Morgan fingerprint density at radius 3 is 2.67 bits per heavy atom. The van der Waals surface area contributed by atoms with Crippen LogP contribution in [0.3, 0.4) is 0 Å². The van der Waals surface area contributed by atoms with Crippen LogP contribution in [0.4, 0.5) is 5.88 Å². The average Bonchev–Trinajstić information content (AvgIpc) is 3.68. The van der Waals surface area contributed by atoms with Gasteiger partial charge in [0.2, 0.25) is 6.79 Å². The van der Waals surface area contributed by atoms with E-state index in [0.717, 1.165) is 5.56 Å². The molecular formula is C29H25N3O6S. The van der Waals surface area contributed by atoms with Crippen LogP contribution in [-0.4, -0.2) is 38.0 Å². The van der Waals surface area contributed by atoms with Crippen LogP contribution in [0, 0.1) is 0 Å². The summed E-state index contributed by atoms with van der Waals surface area (Å²) in [5, 5.41) is 0. The van der Waals surface area contributed by atoms with Gasteiger partial charge in [-0.1, -0.05) is 47.7 Å². The number of fused-ring (bicyclic) bond motifs is 2. The van der Waals surface area contributed by atoms with Crippen molar-refractivity contribution in [1.29, 1.82) is 0 Å². The van der Waals surface area contributed by atoms with E-state index < -0.39 is 12.0 Å². The summed E-state index contributed by atoms with van der Waals surface area (Å²) in [6, 6.07) is 17.7. The fourth-order valence-electron chi connectivity index (χ4n) is 4.63. The van der Waals surface area contributed by atoms with E-state index >= 15 is 0 Å². The molecule has 0 bridgehead atoms. The van der Waals surface area contributed by atoms with E-state index in [1.807, 2.05) is 67.5 Å². The fourth-order valence-corrected chi connectivity index (χ4v) is 5.61. The maximum absolute atomic E-state index is 13.9. The number of esters is 1. The minimum Gasteiger partial charge on any atom is -0.463 e. The lowest BCUT2D eigenvalue weighted by atomic mass is 9.93. The van der Waals surface area contributed by atoms with Crippen LogP contribution in [-0.2, 0) is 9.53 Å². The van der Waals surface area contributed by atoms with Gasteiger partial charge in [0.05, 0.1) is 28.5 Å². The quantitative estimate of drug-likeness (QED) is 0.344. The number of rotatable bonds is 6. The lowest BCUT2D eigenvalue weighted by Crippen LogP contribution is -2.40. The van der Waals surface area contributed by atoms with E-state index in [1.54, 1.807) is 29.7 Å². The van der Waals surface area contributed by atoms with Crippen molar-refractivity contribution < 1.29 is 23.4 Å². The van der Waals surface area contributed by atoms with Crippen molar-refractivity contribution in [2.24, 2.45) is 4.99 Å². The van der Waals surface area contributed by atoms with Gasteiger partial charge >= 0.3 is 5.97 Å². The van der Waals surface area contributed by atoms with E-state index in [0.29, 0.717) is 43.7 Å². The zero-order valence-corrected chi connectivity index (χ0v) is 22.4. The highest BCUT2D eigenvalue weighted by atomic mass is 32.1. The molecule has 9 nitrogen and oxygen atoms in total. The highest BCUT2D eigenvalue weighted by molar-refractivity contribution is 7.07. The van der Waals surface area contributed by atoms with E-state index in [4.69, 9.17) is 23.6 Å². The molecule has 2 aromatic carbocycles. The molecule has 2 aliphatic rings. The molecule has 0 aliphatic carbocycles. The van der Waals surface area contributed by atoms with Gasteiger partial charge < -0.3 is 23.5 Å². The molecule has 39 heavy (non-hydrogen) atoms. The molecule has 0 unspecified atom stereocenters. The van der Waals surface area contributed by atoms with Crippen LogP contribution in [0.5, 0.6) is 11.5 Å². The van der Waals surface area contributed by atoms with Crippen LogP contribution in [0.1, 0.15) is 29.9 Å². The van der Waals surface area contributed by atoms with Crippen LogP contribution in [0.2, 0.25) is 0 Å². The molecule has 6 rings (SSSR count). The van der Waals surface area contributed by atoms with Gasteiger partial charge in [0.25, 0.3) is 5.56 Å². The molecule has 1 atom stereocenters. The minimum absolute atomic E-state index is 0.107. The third-order valence-electron chi connectivity index (χ3n) is 6.41. The standard InChI is InChI=1S/C29H25N3O6S/c1-4-35-28(34)24-25(17-8-6-5-7-9-17)30-29-32(26(24)18-10-12-20-21(14-18)37-16-36-20)27(33)22(39-29)15-19-11-13-23(38-19)31(2)3/h5-15,26H,4,16H2,1-3H3/b22-15-/t26-/m1/s1. The number of aromatic nitrogens is 1. The summed E-state index contributed by atoms with van der Waals surface area (Å²) in [4.78, 5) is 34.6. The largest absolute Gasteiger partial charge is 0.463 e. The van der Waals surface area contributed by atoms with Gasteiger partial charge in [0.1, 0.15) is 5.76 Å². The number of furan rings is 1. The van der Waals surface area contributed by atoms with Crippen LogP contribution >= 0.6 is 11.3 Å². The zero-order chi connectivity index (χ0) is 27.1. The first kappa shape index (κ1) is 24.7. The molecule has 0 radical (unpaired) electrons. The van der Waals surface area contributed by atoms with Crippen LogP contribution < -0.4 is 29.3 Å². The summed E-state index contributed by atoms with van der Waals surface area (Å²) in [6.45, 7) is 2.03. The van der Waals surface area contributed by atoms with Gasteiger partial charge in [-0.15, -0.1) is 0 Å². The number of benzene rings is 2. The second kappa shape index (κ2) is 9.95. The Kier molecular flexibility index (Phi) is 6.32.